The molecule has 5 heteroatoms. The number of imidazole rings is 1. The first-order valence-corrected chi connectivity index (χ1v) is 20.3. The summed E-state index contributed by atoms with van der Waals surface area (Å²) in [5.74, 6) is 0.825. The molecule has 0 aliphatic carbocycles. The minimum absolute atomic E-state index is 0.168. The molecule has 0 saturated heterocycles. The van der Waals surface area contributed by atoms with E-state index in [0.29, 0.717) is 11.4 Å². The van der Waals surface area contributed by atoms with Crippen molar-refractivity contribution in [1.29, 1.82) is 0 Å². The third-order valence-electron chi connectivity index (χ3n) is 12.1. The lowest BCUT2D eigenvalue weighted by molar-refractivity contribution is 0.477. The molecule has 0 bridgehead atoms. The molecule has 60 heavy (non-hydrogen) atoms. The number of aromatic hydroxyl groups is 1. The van der Waals surface area contributed by atoms with Crippen LogP contribution in [0.15, 0.2) is 199 Å². The molecule has 0 unspecified atom stereocenters. The molecule has 11 aromatic rings. The first-order valence-electron chi connectivity index (χ1n) is 20.3. The van der Waals surface area contributed by atoms with Crippen LogP contribution in [0.5, 0.6) is 5.75 Å². The van der Waals surface area contributed by atoms with Gasteiger partial charge < -0.3 is 9.52 Å². The van der Waals surface area contributed by atoms with Crippen molar-refractivity contribution in [2.75, 3.05) is 0 Å². The first kappa shape index (κ1) is 35.4. The quantitative estimate of drug-likeness (QED) is 0.175. The van der Waals surface area contributed by atoms with Crippen molar-refractivity contribution in [1.82, 2.24) is 14.5 Å². The van der Waals surface area contributed by atoms with E-state index in [9.17, 15) is 5.11 Å². The Kier molecular flexibility index (Phi) is 8.24. The van der Waals surface area contributed by atoms with Crippen LogP contribution in [0.1, 0.15) is 25.0 Å². The van der Waals surface area contributed by atoms with Crippen molar-refractivity contribution >= 4 is 43.7 Å². The lowest BCUT2D eigenvalue weighted by Crippen LogP contribution is -2.19. The zero-order chi connectivity index (χ0) is 40.4. The van der Waals surface area contributed by atoms with E-state index in [0.717, 1.165) is 83.1 Å². The van der Waals surface area contributed by atoms with Gasteiger partial charge in [-0.25, -0.2) is 4.98 Å². The van der Waals surface area contributed by atoms with Crippen molar-refractivity contribution in [3.63, 3.8) is 0 Å². The fraction of sp³-hybridized carbons (Fsp3) is 0.0545. The monoisotopic (exact) mass is 773 g/mol. The van der Waals surface area contributed by atoms with Crippen molar-refractivity contribution in [2.24, 2.45) is 0 Å². The molecule has 286 valence electrons. The van der Waals surface area contributed by atoms with Gasteiger partial charge >= 0.3 is 0 Å². The van der Waals surface area contributed by atoms with Gasteiger partial charge in [-0.2, -0.15) is 0 Å². The first-order chi connectivity index (χ1) is 29.4. The summed E-state index contributed by atoms with van der Waals surface area (Å²) in [6.45, 7) is 4.55. The van der Waals surface area contributed by atoms with E-state index in [2.05, 4.69) is 176 Å². The zero-order valence-corrected chi connectivity index (χ0v) is 33.2. The summed E-state index contributed by atoms with van der Waals surface area (Å²) in [5.41, 5.74) is 13.0. The normalized spacial score (nSPS) is 11.9. The van der Waals surface area contributed by atoms with E-state index in [4.69, 9.17) is 14.4 Å². The largest absolute Gasteiger partial charge is 0.507 e. The second-order valence-corrected chi connectivity index (χ2v) is 16.0. The third kappa shape index (κ3) is 5.77. The van der Waals surface area contributed by atoms with Gasteiger partial charge in [-0.3, -0.25) is 9.55 Å². The second kappa shape index (κ2) is 14.0. The molecule has 11 rings (SSSR count). The summed E-state index contributed by atoms with van der Waals surface area (Å²) in [4.78, 5) is 10.6. The number of aromatic nitrogens is 3. The second-order valence-electron chi connectivity index (χ2n) is 16.0. The summed E-state index contributed by atoms with van der Waals surface area (Å²) >= 11 is 0. The third-order valence-corrected chi connectivity index (χ3v) is 12.1. The van der Waals surface area contributed by atoms with Crippen LogP contribution >= 0.6 is 0 Å². The highest BCUT2D eigenvalue weighted by Gasteiger charge is 2.27. The molecule has 0 radical (unpaired) electrons. The van der Waals surface area contributed by atoms with Crippen molar-refractivity contribution in [3.05, 3.63) is 205 Å². The van der Waals surface area contributed by atoms with Crippen LogP contribution in [0.2, 0.25) is 0 Å². The number of fused-ring (bicyclic) bond motifs is 6. The highest BCUT2D eigenvalue weighted by atomic mass is 16.3. The standard InChI is InChI=1S/C55H39N3O2/c1-55(2,39-19-7-4-8-20-39)40-31-37(30-38(32-40)46-33-51-45(34-56-46)52-42-22-10-9-18-36(42)28-29-50(52)60-51)43-24-15-26-48-53(43)57-54(44-23-12-14-27-49(44)59)58(48)47-25-13-11-21-41(47)35-16-5-3-6-17-35/h3-34,59H,1-2H3. The maximum atomic E-state index is 11.3. The highest BCUT2D eigenvalue weighted by molar-refractivity contribution is 6.18. The molecule has 0 amide bonds. The van der Waals surface area contributed by atoms with Gasteiger partial charge in [0.2, 0.25) is 0 Å². The van der Waals surface area contributed by atoms with Crippen LogP contribution in [-0.2, 0) is 5.41 Å². The summed E-state index contributed by atoms with van der Waals surface area (Å²) < 4.78 is 8.73. The van der Waals surface area contributed by atoms with Crippen molar-refractivity contribution in [2.45, 2.75) is 19.3 Å². The molecular formula is C55H39N3O2. The summed E-state index contributed by atoms with van der Waals surface area (Å²) in [6.07, 6.45) is 1.96. The Hall–Kier alpha value is -7.76. The molecule has 0 saturated carbocycles. The molecule has 5 nitrogen and oxygen atoms in total. The van der Waals surface area contributed by atoms with Gasteiger partial charge in [0, 0.05) is 45.1 Å². The minimum Gasteiger partial charge on any atom is -0.507 e. The molecular weight excluding hydrogens is 735 g/mol. The molecule has 8 aromatic carbocycles. The Morgan fingerprint density at radius 1 is 0.533 bits per heavy atom. The van der Waals surface area contributed by atoms with Crippen molar-refractivity contribution in [3.8, 4) is 56.3 Å². The van der Waals surface area contributed by atoms with Gasteiger partial charge in [-0.15, -0.1) is 0 Å². The van der Waals surface area contributed by atoms with Crippen LogP contribution < -0.4 is 0 Å². The predicted octanol–water partition coefficient (Wildman–Crippen LogP) is 14.2. The van der Waals surface area contributed by atoms with Crippen LogP contribution in [0.25, 0.3) is 94.3 Å². The highest BCUT2D eigenvalue weighted by Crippen LogP contribution is 2.43. The molecule has 0 fully saturated rings. The van der Waals surface area contributed by atoms with E-state index in [-0.39, 0.29) is 11.2 Å². The van der Waals surface area contributed by atoms with E-state index in [1.165, 1.54) is 10.9 Å². The smallest absolute Gasteiger partial charge is 0.149 e. The van der Waals surface area contributed by atoms with Gasteiger partial charge in [0.25, 0.3) is 0 Å². The SMILES string of the molecule is CC(C)(c1ccccc1)c1cc(-c2cc3oc4ccc5ccccc5c4c3cn2)cc(-c2cccc3c2nc(-c2ccccc2O)n3-c2ccccc2-c2ccccc2)c1. The number of pyridine rings is 1. The van der Waals surface area contributed by atoms with Crippen LogP contribution in [0.3, 0.4) is 0 Å². The number of furan rings is 1. The molecule has 1 N–H and O–H groups in total. The fourth-order valence-corrected chi connectivity index (χ4v) is 8.86. The number of para-hydroxylation sites is 3. The average molecular weight is 774 g/mol. The number of rotatable bonds is 7. The van der Waals surface area contributed by atoms with Crippen molar-refractivity contribution < 1.29 is 9.52 Å². The fourth-order valence-electron chi connectivity index (χ4n) is 8.86. The van der Waals surface area contributed by atoms with Crippen LogP contribution in [0, 0.1) is 0 Å². The van der Waals surface area contributed by atoms with E-state index >= 15 is 0 Å². The lowest BCUT2D eigenvalue weighted by Gasteiger charge is -2.27. The Bertz CT molecular complexity index is 3420. The molecule has 3 aromatic heterocycles. The number of phenols is 1. The summed E-state index contributed by atoms with van der Waals surface area (Å²) in [6, 6.07) is 64.7. The van der Waals surface area contributed by atoms with Gasteiger partial charge in [-0.05, 0) is 75.5 Å². The Morgan fingerprint density at radius 2 is 1.23 bits per heavy atom. The molecule has 0 aliphatic rings. The number of hydrogen-bond donors (Lipinski definition) is 1. The summed E-state index contributed by atoms with van der Waals surface area (Å²) in [5, 5.41) is 15.7. The van der Waals surface area contributed by atoms with E-state index in [1.54, 1.807) is 6.07 Å². The Labute approximate surface area is 347 Å². The topological polar surface area (TPSA) is 64.1 Å². The average Bonchev–Trinajstić information content (AvgIpc) is 3.88. The number of benzene rings is 8. The Balaban J connectivity index is 1.16. The molecule has 0 aliphatic heterocycles. The predicted molar refractivity (Wildman–Crippen MR) is 246 cm³/mol. The van der Waals surface area contributed by atoms with Crippen LogP contribution in [0.4, 0.5) is 0 Å². The van der Waals surface area contributed by atoms with Gasteiger partial charge in [0.05, 0.1) is 28.0 Å². The van der Waals surface area contributed by atoms with Gasteiger partial charge in [0.15, 0.2) is 0 Å². The Morgan fingerprint density at radius 3 is 2.07 bits per heavy atom. The van der Waals surface area contributed by atoms with Crippen LogP contribution in [-0.4, -0.2) is 19.6 Å². The number of nitrogens with zero attached hydrogens (tertiary/aromatic N) is 3. The number of phenolic OH excluding ortho intramolecular Hbond substituents is 1. The zero-order valence-electron chi connectivity index (χ0n) is 33.2. The molecule has 0 spiro atoms. The van der Waals surface area contributed by atoms with E-state index < -0.39 is 0 Å². The minimum atomic E-state index is -0.350. The number of hydrogen-bond acceptors (Lipinski definition) is 4. The lowest BCUT2D eigenvalue weighted by atomic mass is 9.76. The maximum absolute atomic E-state index is 11.3. The van der Waals surface area contributed by atoms with Gasteiger partial charge in [-0.1, -0.05) is 153 Å². The molecule has 3 heterocycles. The molecule has 0 atom stereocenters. The van der Waals surface area contributed by atoms with Gasteiger partial charge in [0.1, 0.15) is 22.7 Å². The maximum Gasteiger partial charge on any atom is 0.149 e. The summed E-state index contributed by atoms with van der Waals surface area (Å²) in [7, 11) is 0. The van der Waals surface area contributed by atoms with E-state index in [1.807, 2.05) is 30.5 Å².